The highest BCUT2D eigenvalue weighted by atomic mass is 32.2. The van der Waals surface area contributed by atoms with Crippen LogP contribution in [-0.4, -0.2) is 80.3 Å². The summed E-state index contributed by atoms with van der Waals surface area (Å²) in [4.78, 5) is 26.5. The Morgan fingerprint density at radius 2 is 1.86 bits per heavy atom. The van der Waals surface area contributed by atoms with Gasteiger partial charge in [-0.2, -0.15) is 0 Å². The molecule has 1 aliphatic rings. The molecule has 1 aromatic carbocycles. The van der Waals surface area contributed by atoms with Gasteiger partial charge in [-0.15, -0.1) is 0 Å². The maximum atomic E-state index is 12.1. The standard InChI is InChI=1S/C20H31N3O5S/c1-16(15-17-5-7-18(8-6-17)29(2,27)28)21-10-3-4-11-22-13-14-23(20(25)26)12-9-19(22)24/h5-8,16,21H,3-4,9-15H2,1-2H3,(H,25,26). The minimum atomic E-state index is -3.17. The number of sulfone groups is 1. The molecule has 0 saturated carbocycles. The van der Waals surface area contributed by atoms with Crippen LogP contribution < -0.4 is 5.32 Å². The first-order chi connectivity index (χ1) is 13.7. The molecule has 0 radical (unpaired) electrons. The zero-order valence-electron chi connectivity index (χ0n) is 17.1. The molecule has 1 unspecified atom stereocenters. The van der Waals surface area contributed by atoms with Gasteiger partial charge in [0.15, 0.2) is 9.84 Å². The maximum absolute atomic E-state index is 12.1. The second kappa shape index (κ2) is 10.6. The third-order valence-electron chi connectivity index (χ3n) is 5.10. The molecule has 1 atom stereocenters. The van der Waals surface area contributed by atoms with Crippen molar-refractivity contribution >= 4 is 21.8 Å². The molecule has 8 nitrogen and oxygen atoms in total. The smallest absolute Gasteiger partial charge is 0.407 e. The van der Waals surface area contributed by atoms with Gasteiger partial charge in [-0.05, 0) is 50.4 Å². The molecule has 1 aliphatic heterocycles. The Morgan fingerprint density at radius 1 is 1.17 bits per heavy atom. The lowest BCUT2D eigenvalue weighted by atomic mass is 10.1. The van der Waals surface area contributed by atoms with Gasteiger partial charge >= 0.3 is 6.09 Å². The fourth-order valence-electron chi connectivity index (χ4n) is 3.37. The lowest BCUT2D eigenvalue weighted by Crippen LogP contribution is -2.36. The minimum Gasteiger partial charge on any atom is -0.465 e. The number of hydrogen-bond donors (Lipinski definition) is 2. The summed E-state index contributed by atoms with van der Waals surface area (Å²) in [6.07, 6.45) is 3.07. The summed E-state index contributed by atoms with van der Waals surface area (Å²) in [6.45, 7) is 4.66. The normalized spacial score (nSPS) is 16.6. The number of carbonyl (C=O) groups is 2. The zero-order valence-corrected chi connectivity index (χ0v) is 18.0. The van der Waals surface area contributed by atoms with Crippen LogP contribution in [0.2, 0.25) is 0 Å². The van der Waals surface area contributed by atoms with E-state index in [2.05, 4.69) is 12.2 Å². The molecule has 0 spiro atoms. The molecule has 29 heavy (non-hydrogen) atoms. The number of benzene rings is 1. The Balaban J connectivity index is 1.66. The van der Waals surface area contributed by atoms with E-state index in [9.17, 15) is 18.0 Å². The summed E-state index contributed by atoms with van der Waals surface area (Å²) < 4.78 is 23.0. The summed E-state index contributed by atoms with van der Waals surface area (Å²) in [5.74, 6) is 0.0209. The molecule has 1 heterocycles. The summed E-state index contributed by atoms with van der Waals surface area (Å²) in [6, 6.07) is 7.23. The molecule has 2 amide bonds. The van der Waals surface area contributed by atoms with E-state index in [-0.39, 0.29) is 24.9 Å². The minimum absolute atomic E-state index is 0.0209. The van der Waals surface area contributed by atoms with Crippen molar-refractivity contribution in [2.24, 2.45) is 0 Å². The average molecular weight is 426 g/mol. The molecule has 1 saturated heterocycles. The quantitative estimate of drug-likeness (QED) is 0.582. The van der Waals surface area contributed by atoms with Crippen LogP contribution in [0, 0.1) is 0 Å². The fourth-order valence-corrected chi connectivity index (χ4v) is 4.00. The Hall–Kier alpha value is -2.13. The molecule has 162 valence electrons. The van der Waals surface area contributed by atoms with Gasteiger partial charge in [0.1, 0.15) is 0 Å². The molecule has 2 N–H and O–H groups in total. The summed E-state index contributed by atoms with van der Waals surface area (Å²) in [5, 5.41) is 12.5. The summed E-state index contributed by atoms with van der Waals surface area (Å²) >= 11 is 0. The lowest BCUT2D eigenvalue weighted by Gasteiger charge is -2.21. The second-order valence-electron chi connectivity index (χ2n) is 7.58. The van der Waals surface area contributed by atoms with Gasteiger partial charge in [-0.3, -0.25) is 4.79 Å². The lowest BCUT2D eigenvalue weighted by molar-refractivity contribution is -0.130. The van der Waals surface area contributed by atoms with Crippen LogP contribution in [0.25, 0.3) is 0 Å². The van der Waals surface area contributed by atoms with Crippen molar-refractivity contribution in [3.8, 4) is 0 Å². The summed E-state index contributed by atoms with van der Waals surface area (Å²) in [5.41, 5.74) is 1.08. The third kappa shape index (κ3) is 7.66. The molecule has 0 aliphatic carbocycles. The van der Waals surface area contributed by atoms with Gasteiger partial charge in [0.2, 0.25) is 5.91 Å². The first-order valence-electron chi connectivity index (χ1n) is 9.95. The van der Waals surface area contributed by atoms with Crippen LogP contribution in [0.4, 0.5) is 4.79 Å². The highest BCUT2D eigenvalue weighted by Gasteiger charge is 2.22. The van der Waals surface area contributed by atoms with Crippen molar-refractivity contribution in [3.63, 3.8) is 0 Å². The number of unbranched alkanes of at least 4 members (excludes halogenated alkanes) is 1. The number of carboxylic acid groups (broad SMARTS) is 1. The SMILES string of the molecule is CC(Cc1ccc(S(C)(=O)=O)cc1)NCCCCN1CCN(C(=O)O)CCC1=O. The van der Waals surface area contributed by atoms with Crippen molar-refractivity contribution < 1.29 is 23.1 Å². The van der Waals surface area contributed by atoms with Crippen molar-refractivity contribution in [2.45, 2.75) is 43.5 Å². The first kappa shape index (κ1) is 23.2. The van der Waals surface area contributed by atoms with Gasteiger partial charge < -0.3 is 20.2 Å². The van der Waals surface area contributed by atoms with Crippen LogP contribution in [-0.2, 0) is 21.1 Å². The third-order valence-corrected chi connectivity index (χ3v) is 6.23. The topological polar surface area (TPSA) is 107 Å². The van der Waals surface area contributed by atoms with Crippen molar-refractivity contribution in [3.05, 3.63) is 29.8 Å². The average Bonchev–Trinajstić information content (AvgIpc) is 2.83. The van der Waals surface area contributed by atoms with Crippen LogP contribution in [0.15, 0.2) is 29.2 Å². The Morgan fingerprint density at radius 3 is 2.48 bits per heavy atom. The molecule has 9 heteroatoms. The molecule has 0 bridgehead atoms. The van der Waals surface area contributed by atoms with E-state index < -0.39 is 15.9 Å². The van der Waals surface area contributed by atoms with Gasteiger partial charge in [-0.1, -0.05) is 12.1 Å². The fraction of sp³-hybridized carbons (Fsp3) is 0.600. The van der Waals surface area contributed by atoms with E-state index in [1.165, 1.54) is 11.2 Å². The number of nitrogens with one attached hydrogen (secondary N) is 1. The van der Waals surface area contributed by atoms with Crippen molar-refractivity contribution in [1.29, 1.82) is 0 Å². The number of hydrogen-bond acceptors (Lipinski definition) is 5. The first-order valence-corrected chi connectivity index (χ1v) is 11.8. The molecular weight excluding hydrogens is 394 g/mol. The van der Waals surface area contributed by atoms with E-state index in [0.717, 1.165) is 31.4 Å². The largest absolute Gasteiger partial charge is 0.465 e. The van der Waals surface area contributed by atoms with E-state index in [1.807, 2.05) is 12.1 Å². The van der Waals surface area contributed by atoms with Crippen molar-refractivity contribution in [2.75, 3.05) is 39.0 Å². The number of carbonyl (C=O) groups excluding carboxylic acids is 1. The van der Waals surface area contributed by atoms with Gasteiger partial charge in [-0.25, -0.2) is 13.2 Å². The van der Waals surface area contributed by atoms with Crippen LogP contribution in [0.1, 0.15) is 31.7 Å². The van der Waals surface area contributed by atoms with E-state index >= 15 is 0 Å². The Labute approximate surface area is 172 Å². The summed E-state index contributed by atoms with van der Waals surface area (Å²) in [7, 11) is -3.17. The molecule has 0 aromatic heterocycles. The number of nitrogens with zero attached hydrogens (tertiary/aromatic N) is 2. The number of amides is 2. The van der Waals surface area contributed by atoms with Gasteiger partial charge in [0.05, 0.1) is 4.90 Å². The highest BCUT2D eigenvalue weighted by Crippen LogP contribution is 2.12. The molecule has 2 rings (SSSR count). The molecule has 1 fully saturated rings. The molecular formula is C20H31N3O5S. The Bertz CT molecular complexity index is 795. The predicted octanol–water partition coefficient (Wildman–Crippen LogP) is 1.60. The van der Waals surface area contributed by atoms with Crippen LogP contribution >= 0.6 is 0 Å². The van der Waals surface area contributed by atoms with Gasteiger partial charge in [0, 0.05) is 44.9 Å². The number of rotatable bonds is 9. The zero-order chi connectivity index (χ0) is 21.4. The van der Waals surface area contributed by atoms with Crippen LogP contribution in [0.3, 0.4) is 0 Å². The molecule has 1 aromatic rings. The maximum Gasteiger partial charge on any atom is 0.407 e. The van der Waals surface area contributed by atoms with E-state index in [4.69, 9.17) is 5.11 Å². The van der Waals surface area contributed by atoms with Crippen LogP contribution in [0.5, 0.6) is 0 Å². The van der Waals surface area contributed by atoms with Gasteiger partial charge in [0.25, 0.3) is 0 Å². The van der Waals surface area contributed by atoms with E-state index in [0.29, 0.717) is 24.5 Å². The highest BCUT2D eigenvalue weighted by molar-refractivity contribution is 7.90. The second-order valence-corrected chi connectivity index (χ2v) is 9.60. The van der Waals surface area contributed by atoms with Crippen molar-refractivity contribution in [1.82, 2.24) is 15.1 Å². The predicted molar refractivity (Wildman–Crippen MR) is 111 cm³/mol. The van der Waals surface area contributed by atoms with E-state index in [1.54, 1.807) is 17.0 Å². The monoisotopic (exact) mass is 425 g/mol. The Kier molecular flexibility index (Phi) is 8.45.